The number of hydrogen-bond donors (Lipinski definition) is 2. The van der Waals surface area contributed by atoms with E-state index in [0.29, 0.717) is 34.4 Å². The van der Waals surface area contributed by atoms with Gasteiger partial charge in [-0.15, -0.1) is 0 Å². The van der Waals surface area contributed by atoms with Crippen LogP contribution in [0.15, 0.2) is 45.8 Å². The Bertz CT molecular complexity index is 1220. The van der Waals surface area contributed by atoms with Crippen LogP contribution >= 0.6 is 0 Å². The van der Waals surface area contributed by atoms with Crippen molar-refractivity contribution in [2.75, 3.05) is 10.0 Å². The summed E-state index contributed by atoms with van der Waals surface area (Å²) in [4.78, 5) is 11.5. The molecule has 0 saturated heterocycles. The van der Waals surface area contributed by atoms with Gasteiger partial charge in [-0.25, -0.2) is 12.8 Å². The quantitative estimate of drug-likeness (QED) is 0.602. The van der Waals surface area contributed by atoms with E-state index < -0.39 is 15.8 Å². The minimum absolute atomic E-state index is 0.0259. The maximum absolute atomic E-state index is 13.8. The number of hydrogen-bond acceptors (Lipinski definition) is 5. The predicted molar refractivity (Wildman–Crippen MR) is 112 cm³/mol. The molecule has 3 aromatic rings. The maximum Gasteiger partial charge on any atom is 0.262 e. The van der Waals surface area contributed by atoms with Gasteiger partial charge in [-0.2, -0.15) is 0 Å². The molecule has 1 aromatic heterocycles. The third-order valence-corrected chi connectivity index (χ3v) is 6.10. The summed E-state index contributed by atoms with van der Waals surface area (Å²) < 4.78 is 47.5. The van der Waals surface area contributed by atoms with Gasteiger partial charge in [0.05, 0.1) is 21.8 Å². The van der Waals surface area contributed by atoms with Gasteiger partial charge in [0.2, 0.25) is 11.8 Å². The molecule has 9 heteroatoms. The number of nitrogens with zero attached hydrogens (tertiary/aromatic N) is 1. The fraction of sp³-hybridized carbons (Fsp3) is 0.238. The zero-order valence-corrected chi connectivity index (χ0v) is 17.9. The third kappa shape index (κ3) is 4.35. The lowest BCUT2D eigenvalue weighted by Gasteiger charge is -2.13. The van der Waals surface area contributed by atoms with Gasteiger partial charge in [-0.3, -0.25) is 14.8 Å². The number of halogens is 1. The molecule has 0 spiro atoms. The first kappa shape index (κ1) is 21.5. The van der Waals surface area contributed by atoms with E-state index >= 15 is 0 Å². The number of benzene rings is 2. The second kappa shape index (κ2) is 8.27. The first-order valence-corrected chi connectivity index (χ1v) is 10.8. The average molecular weight is 431 g/mol. The Hall–Kier alpha value is -3.20. The molecule has 2 aromatic carbocycles. The van der Waals surface area contributed by atoms with Gasteiger partial charge in [0.15, 0.2) is 0 Å². The number of anilines is 2. The molecule has 7 nitrogen and oxygen atoms in total. The summed E-state index contributed by atoms with van der Waals surface area (Å²) >= 11 is 0. The maximum atomic E-state index is 13.8. The van der Waals surface area contributed by atoms with Gasteiger partial charge >= 0.3 is 0 Å². The molecule has 30 heavy (non-hydrogen) atoms. The van der Waals surface area contributed by atoms with Crippen LogP contribution in [0, 0.1) is 19.7 Å². The molecule has 0 radical (unpaired) electrons. The predicted octanol–water partition coefficient (Wildman–Crippen LogP) is 4.42. The van der Waals surface area contributed by atoms with E-state index in [4.69, 9.17) is 4.52 Å². The summed E-state index contributed by atoms with van der Waals surface area (Å²) in [6.07, 6.45) is 0.523. The summed E-state index contributed by atoms with van der Waals surface area (Å²) in [6.45, 7) is 6.47. The van der Waals surface area contributed by atoms with Crippen LogP contribution in [0.1, 0.15) is 30.7 Å². The first-order valence-electron chi connectivity index (χ1n) is 9.28. The molecule has 3 rings (SSSR count). The summed E-state index contributed by atoms with van der Waals surface area (Å²) in [5.41, 5.74) is 2.68. The Labute approximate surface area is 174 Å². The van der Waals surface area contributed by atoms with E-state index in [1.54, 1.807) is 26.0 Å². The van der Waals surface area contributed by atoms with Gasteiger partial charge < -0.3 is 4.52 Å². The smallest absolute Gasteiger partial charge is 0.262 e. The van der Waals surface area contributed by atoms with Crippen LogP contribution in [0.25, 0.3) is 11.1 Å². The molecule has 0 aliphatic carbocycles. The van der Waals surface area contributed by atoms with Crippen molar-refractivity contribution >= 4 is 27.5 Å². The van der Waals surface area contributed by atoms with Gasteiger partial charge in [-0.05, 0) is 55.2 Å². The van der Waals surface area contributed by atoms with Crippen molar-refractivity contribution in [3.63, 3.8) is 0 Å². The molecular weight excluding hydrogens is 409 g/mol. The number of aryl methyl sites for hydroxylation is 3. The molecule has 1 heterocycles. The van der Waals surface area contributed by atoms with Crippen molar-refractivity contribution in [3.8, 4) is 11.1 Å². The SMILES string of the molecule is CCc1noc(NC(C)=O)c1-c1ccc(C)c(S(=O)(=O)Nc2ccc(C)c(F)c2)c1. The zero-order valence-electron chi connectivity index (χ0n) is 17.0. The molecule has 158 valence electrons. The number of amides is 1. The largest absolute Gasteiger partial charge is 0.337 e. The first-order chi connectivity index (χ1) is 14.1. The van der Waals surface area contributed by atoms with E-state index in [2.05, 4.69) is 15.2 Å². The van der Waals surface area contributed by atoms with Crippen LogP contribution in [0.4, 0.5) is 16.0 Å². The molecule has 0 atom stereocenters. The van der Waals surface area contributed by atoms with Crippen molar-refractivity contribution in [3.05, 3.63) is 59.0 Å². The van der Waals surface area contributed by atoms with Gasteiger partial charge in [0.1, 0.15) is 5.82 Å². The molecule has 1 amide bonds. The second-order valence-electron chi connectivity index (χ2n) is 6.92. The Morgan fingerprint density at radius 3 is 2.47 bits per heavy atom. The topological polar surface area (TPSA) is 101 Å². The Kier molecular flexibility index (Phi) is 5.93. The van der Waals surface area contributed by atoms with Gasteiger partial charge in [0.25, 0.3) is 10.0 Å². The van der Waals surface area contributed by atoms with E-state index in [1.807, 2.05) is 6.92 Å². The van der Waals surface area contributed by atoms with Crippen molar-refractivity contribution in [1.29, 1.82) is 0 Å². The molecule has 2 N–H and O–H groups in total. The van der Waals surface area contributed by atoms with Crippen LogP contribution in [-0.4, -0.2) is 19.5 Å². The lowest BCUT2D eigenvalue weighted by Crippen LogP contribution is -2.14. The van der Waals surface area contributed by atoms with Crippen LogP contribution < -0.4 is 10.0 Å². The minimum atomic E-state index is -4.00. The lowest BCUT2D eigenvalue weighted by atomic mass is 10.0. The average Bonchev–Trinajstić information content (AvgIpc) is 3.06. The highest BCUT2D eigenvalue weighted by molar-refractivity contribution is 7.92. The number of carbonyl (C=O) groups is 1. The van der Waals surface area contributed by atoms with E-state index in [-0.39, 0.29) is 22.4 Å². The zero-order chi connectivity index (χ0) is 22.1. The third-order valence-electron chi connectivity index (χ3n) is 4.58. The standard InChI is InChI=1S/C21H22FN3O4S/c1-5-18-20(21(29-24-18)23-14(4)26)15-8-6-13(3)19(10-15)30(27,28)25-16-9-7-12(2)17(22)11-16/h6-11,25H,5H2,1-4H3,(H,23,26). The van der Waals surface area contributed by atoms with Crippen LogP contribution in [0.3, 0.4) is 0 Å². The highest BCUT2D eigenvalue weighted by Gasteiger charge is 2.23. The number of aromatic nitrogens is 1. The van der Waals surface area contributed by atoms with Gasteiger partial charge in [-0.1, -0.05) is 30.3 Å². The van der Waals surface area contributed by atoms with Crippen molar-refractivity contribution in [2.24, 2.45) is 0 Å². The van der Waals surface area contributed by atoms with Crippen molar-refractivity contribution in [1.82, 2.24) is 5.16 Å². The van der Waals surface area contributed by atoms with E-state index in [1.165, 1.54) is 25.1 Å². The molecule has 0 aliphatic rings. The van der Waals surface area contributed by atoms with Crippen LogP contribution in [0.5, 0.6) is 0 Å². The van der Waals surface area contributed by atoms with E-state index in [0.717, 1.165) is 6.07 Å². The Balaban J connectivity index is 2.06. The number of rotatable bonds is 6. The van der Waals surface area contributed by atoms with Gasteiger partial charge in [0, 0.05) is 6.92 Å². The van der Waals surface area contributed by atoms with Crippen LogP contribution in [-0.2, 0) is 21.2 Å². The fourth-order valence-electron chi connectivity index (χ4n) is 3.02. The summed E-state index contributed by atoms with van der Waals surface area (Å²) in [5, 5.41) is 6.54. The van der Waals surface area contributed by atoms with Crippen LogP contribution in [0.2, 0.25) is 0 Å². The molecule has 0 saturated carbocycles. The molecule has 0 unspecified atom stereocenters. The Morgan fingerprint density at radius 1 is 1.13 bits per heavy atom. The second-order valence-corrected chi connectivity index (χ2v) is 8.57. The monoisotopic (exact) mass is 431 g/mol. The van der Waals surface area contributed by atoms with Crippen molar-refractivity contribution in [2.45, 2.75) is 39.0 Å². The highest BCUT2D eigenvalue weighted by atomic mass is 32.2. The number of nitrogens with one attached hydrogen (secondary N) is 2. The number of carbonyl (C=O) groups excluding carboxylic acids is 1. The molecule has 0 fully saturated rings. The highest BCUT2D eigenvalue weighted by Crippen LogP contribution is 2.34. The molecule has 0 bridgehead atoms. The summed E-state index contributed by atoms with van der Waals surface area (Å²) in [7, 11) is -4.00. The van der Waals surface area contributed by atoms with E-state index in [9.17, 15) is 17.6 Å². The summed E-state index contributed by atoms with van der Waals surface area (Å²) in [5.74, 6) is -0.684. The Morgan fingerprint density at radius 2 is 1.83 bits per heavy atom. The summed E-state index contributed by atoms with van der Waals surface area (Å²) in [6, 6.07) is 9.01. The van der Waals surface area contributed by atoms with Crippen molar-refractivity contribution < 1.29 is 22.1 Å². The number of sulfonamides is 1. The normalized spacial score (nSPS) is 11.4. The molecule has 0 aliphatic heterocycles. The minimum Gasteiger partial charge on any atom is -0.337 e. The lowest BCUT2D eigenvalue weighted by molar-refractivity contribution is -0.114. The molecular formula is C21H22FN3O4S. The fourth-order valence-corrected chi connectivity index (χ4v) is 4.34.